The van der Waals surface area contributed by atoms with Gasteiger partial charge in [0.2, 0.25) is 6.79 Å². The second-order valence-electron chi connectivity index (χ2n) is 5.42. The summed E-state index contributed by atoms with van der Waals surface area (Å²) in [6.45, 7) is 3.33. The number of nitrogens with zero attached hydrogens (tertiary/aromatic N) is 2. The molecule has 2 heterocycles. The predicted octanol–water partition coefficient (Wildman–Crippen LogP) is 2.14. The van der Waals surface area contributed by atoms with E-state index in [0.717, 1.165) is 11.3 Å². The fraction of sp³-hybridized carbons (Fsp3) is 0.375. The van der Waals surface area contributed by atoms with Crippen molar-refractivity contribution in [3.05, 3.63) is 36.2 Å². The molecule has 1 atom stereocenters. The molecular formula is C16H20N4O4. The molecule has 8 heteroatoms. The maximum absolute atomic E-state index is 12.1. The molecule has 3 rings (SSSR count). The first kappa shape index (κ1) is 16.1. The molecule has 128 valence electrons. The monoisotopic (exact) mass is 332 g/mol. The summed E-state index contributed by atoms with van der Waals surface area (Å²) in [6, 6.07) is 5.14. The number of hydrogen-bond donors (Lipinski definition) is 2. The first-order valence-corrected chi connectivity index (χ1v) is 7.64. The number of fused-ring (bicyclic) bond motifs is 1. The van der Waals surface area contributed by atoms with Crippen LogP contribution in [0.15, 0.2) is 30.6 Å². The van der Waals surface area contributed by atoms with Crippen molar-refractivity contribution in [2.24, 2.45) is 0 Å². The number of nitrogens with one attached hydrogen (secondary N) is 2. The van der Waals surface area contributed by atoms with Gasteiger partial charge < -0.3 is 24.8 Å². The van der Waals surface area contributed by atoms with Gasteiger partial charge >= 0.3 is 6.03 Å². The summed E-state index contributed by atoms with van der Waals surface area (Å²) in [7, 11) is 1.63. The number of rotatable bonds is 6. The Morgan fingerprint density at radius 3 is 3.08 bits per heavy atom. The highest BCUT2D eigenvalue weighted by Crippen LogP contribution is 2.34. The molecule has 1 unspecified atom stereocenters. The van der Waals surface area contributed by atoms with Crippen LogP contribution >= 0.6 is 0 Å². The van der Waals surface area contributed by atoms with Crippen molar-refractivity contribution in [2.75, 3.05) is 25.8 Å². The van der Waals surface area contributed by atoms with Crippen LogP contribution in [0, 0.1) is 0 Å². The molecule has 1 aromatic heterocycles. The van der Waals surface area contributed by atoms with E-state index in [4.69, 9.17) is 14.2 Å². The lowest BCUT2D eigenvalue weighted by atomic mass is 10.1. The first-order valence-electron chi connectivity index (χ1n) is 7.64. The van der Waals surface area contributed by atoms with Crippen molar-refractivity contribution in [3.63, 3.8) is 0 Å². The van der Waals surface area contributed by atoms with Crippen molar-refractivity contribution in [2.45, 2.75) is 19.5 Å². The fourth-order valence-electron chi connectivity index (χ4n) is 2.36. The second-order valence-corrected chi connectivity index (χ2v) is 5.42. The van der Waals surface area contributed by atoms with Gasteiger partial charge in [0, 0.05) is 13.3 Å². The molecule has 0 saturated heterocycles. The Labute approximate surface area is 139 Å². The molecule has 0 fully saturated rings. The molecule has 0 radical (unpaired) electrons. The van der Waals surface area contributed by atoms with Gasteiger partial charge in [0.05, 0.1) is 31.1 Å². The fourth-order valence-corrected chi connectivity index (χ4v) is 2.36. The smallest absolute Gasteiger partial charge is 0.319 e. The Morgan fingerprint density at radius 1 is 1.42 bits per heavy atom. The summed E-state index contributed by atoms with van der Waals surface area (Å²) in [6.07, 6.45) is 3.35. The van der Waals surface area contributed by atoms with Gasteiger partial charge in [0.25, 0.3) is 0 Å². The summed E-state index contributed by atoms with van der Waals surface area (Å²) >= 11 is 0. The molecule has 2 amide bonds. The minimum atomic E-state index is -0.300. The largest absolute Gasteiger partial charge is 0.454 e. The third-order valence-corrected chi connectivity index (χ3v) is 3.66. The summed E-state index contributed by atoms with van der Waals surface area (Å²) in [5.41, 5.74) is 1.56. The van der Waals surface area contributed by atoms with Gasteiger partial charge in [-0.1, -0.05) is 6.07 Å². The maximum atomic E-state index is 12.1. The van der Waals surface area contributed by atoms with Crippen LogP contribution in [-0.2, 0) is 11.3 Å². The zero-order valence-corrected chi connectivity index (χ0v) is 13.6. The van der Waals surface area contributed by atoms with Crippen LogP contribution in [0.2, 0.25) is 0 Å². The predicted molar refractivity (Wildman–Crippen MR) is 87.2 cm³/mol. The highest BCUT2D eigenvalue weighted by atomic mass is 16.7. The summed E-state index contributed by atoms with van der Waals surface area (Å²) in [5.74, 6) is 1.42. The van der Waals surface area contributed by atoms with Crippen LogP contribution in [0.1, 0.15) is 18.5 Å². The molecule has 24 heavy (non-hydrogen) atoms. The average Bonchev–Trinajstić information content (AvgIpc) is 3.20. The molecule has 2 N–H and O–H groups in total. The summed E-state index contributed by atoms with van der Waals surface area (Å²) in [4.78, 5) is 12.1. The van der Waals surface area contributed by atoms with E-state index in [1.807, 2.05) is 25.1 Å². The molecule has 2 aromatic rings. The van der Waals surface area contributed by atoms with Crippen LogP contribution in [-0.4, -0.2) is 36.3 Å². The number of hydrogen-bond acceptors (Lipinski definition) is 5. The maximum Gasteiger partial charge on any atom is 0.319 e. The molecular weight excluding hydrogens is 312 g/mol. The van der Waals surface area contributed by atoms with E-state index < -0.39 is 0 Å². The zero-order valence-electron chi connectivity index (χ0n) is 13.6. The Kier molecular flexibility index (Phi) is 4.85. The van der Waals surface area contributed by atoms with Crippen molar-refractivity contribution in [1.29, 1.82) is 0 Å². The number of ether oxygens (including phenoxy) is 3. The van der Waals surface area contributed by atoms with Gasteiger partial charge in [0.1, 0.15) is 0 Å². The van der Waals surface area contributed by atoms with E-state index in [0.29, 0.717) is 24.6 Å². The summed E-state index contributed by atoms with van der Waals surface area (Å²) in [5, 5.41) is 9.79. The molecule has 1 aliphatic rings. The highest BCUT2D eigenvalue weighted by Gasteiger charge is 2.17. The lowest BCUT2D eigenvalue weighted by Crippen LogP contribution is -2.31. The van der Waals surface area contributed by atoms with Crippen LogP contribution in [0.5, 0.6) is 11.5 Å². The number of carbonyl (C=O) groups excluding carboxylic acids is 1. The Morgan fingerprint density at radius 2 is 2.25 bits per heavy atom. The van der Waals surface area contributed by atoms with Gasteiger partial charge in [-0.15, -0.1) is 0 Å². The van der Waals surface area contributed by atoms with Crippen molar-refractivity contribution in [3.8, 4) is 11.5 Å². The van der Waals surface area contributed by atoms with Crippen LogP contribution in [0.4, 0.5) is 10.5 Å². The van der Waals surface area contributed by atoms with E-state index in [2.05, 4.69) is 15.7 Å². The Bertz CT molecular complexity index is 716. The van der Waals surface area contributed by atoms with Gasteiger partial charge in [0.15, 0.2) is 11.5 Å². The first-order chi connectivity index (χ1) is 11.7. The van der Waals surface area contributed by atoms with Gasteiger partial charge in [-0.05, 0) is 24.6 Å². The Hall–Kier alpha value is -2.74. The van der Waals surface area contributed by atoms with Crippen molar-refractivity contribution < 1.29 is 19.0 Å². The zero-order chi connectivity index (χ0) is 16.9. The van der Waals surface area contributed by atoms with Gasteiger partial charge in [-0.2, -0.15) is 5.10 Å². The van der Waals surface area contributed by atoms with E-state index >= 15 is 0 Å². The number of benzene rings is 1. The molecule has 8 nitrogen and oxygen atoms in total. The van der Waals surface area contributed by atoms with E-state index in [-0.39, 0.29) is 18.9 Å². The Balaban J connectivity index is 1.55. The quantitative estimate of drug-likeness (QED) is 0.846. The third-order valence-electron chi connectivity index (χ3n) is 3.66. The van der Waals surface area contributed by atoms with Crippen LogP contribution in [0.3, 0.4) is 0 Å². The number of methoxy groups -OCH3 is 1. The van der Waals surface area contributed by atoms with Gasteiger partial charge in [-0.3, -0.25) is 4.68 Å². The molecule has 1 aliphatic heterocycles. The van der Waals surface area contributed by atoms with Gasteiger partial charge in [-0.25, -0.2) is 4.79 Å². The molecule has 0 aliphatic carbocycles. The lowest BCUT2D eigenvalue weighted by Gasteiger charge is -2.15. The SMILES string of the molecule is COCCn1cc(NC(=O)NC(C)c2ccc3c(c2)OCO3)cn1. The van der Waals surface area contributed by atoms with E-state index in [9.17, 15) is 4.79 Å². The topological polar surface area (TPSA) is 86.6 Å². The number of urea groups is 1. The molecule has 1 aromatic carbocycles. The number of anilines is 1. The second kappa shape index (κ2) is 7.22. The van der Waals surface area contributed by atoms with E-state index in [1.165, 1.54) is 0 Å². The highest BCUT2D eigenvalue weighted by molar-refractivity contribution is 5.89. The molecule has 0 bridgehead atoms. The number of amides is 2. The van der Waals surface area contributed by atoms with Crippen molar-refractivity contribution in [1.82, 2.24) is 15.1 Å². The van der Waals surface area contributed by atoms with Crippen molar-refractivity contribution >= 4 is 11.7 Å². The molecule has 0 saturated carbocycles. The lowest BCUT2D eigenvalue weighted by molar-refractivity contribution is 0.174. The van der Waals surface area contributed by atoms with Crippen LogP contribution < -0.4 is 20.1 Å². The number of aromatic nitrogens is 2. The standard InChI is InChI=1S/C16H20N4O4/c1-11(12-3-4-14-15(7-12)24-10-23-14)18-16(21)19-13-8-17-20(9-13)5-6-22-2/h3-4,7-9,11H,5-6,10H2,1-2H3,(H2,18,19,21). The minimum Gasteiger partial charge on any atom is -0.454 e. The van der Waals surface area contributed by atoms with E-state index in [1.54, 1.807) is 24.2 Å². The number of carbonyl (C=O) groups is 1. The average molecular weight is 332 g/mol. The normalized spacial score (nSPS) is 13.6. The third kappa shape index (κ3) is 3.77. The van der Waals surface area contributed by atoms with Crippen LogP contribution in [0.25, 0.3) is 0 Å². The summed E-state index contributed by atoms with van der Waals surface area (Å²) < 4.78 is 17.3. The molecule has 0 spiro atoms. The minimum absolute atomic E-state index is 0.178.